The van der Waals surface area contributed by atoms with Crippen LogP contribution >= 0.6 is 27.7 Å². The second-order valence-electron chi connectivity index (χ2n) is 5.55. The number of hydrogen-bond donors (Lipinski definition) is 0. The van der Waals surface area contributed by atoms with Crippen molar-refractivity contribution in [1.29, 1.82) is 0 Å². The van der Waals surface area contributed by atoms with Gasteiger partial charge in [0.2, 0.25) is 0 Å². The van der Waals surface area contributed by atoms with Crippen molar-refractivity contribution in [1.82, 2.24) is 14.8 Å². The maximum atomic E-state index is 11.9. The fourth-order valence-electron chi connectivity index (χ4n) is 2.73. The minimum absolute atomic E-state index is 0.362. The van der Waals surface area contributed by atoms with Gasteiger partial charge in [-0.05, 0) is 42.8 Å². The Labute approximate surface area is 161 Å². The van der Waals surface area contributed by atoms with Crippen molar-refractivity contribution in [2.45, 2.75) is 24.4 Å². The van der Waals surface area contributed by atoms with Crippen molar-refractivity contribution < 1.29 is 8.83 Å². The summed E-state index contributed by atoms with van der Waals surface area (Å²) in [6.45, 7) is 2.75. The van der Waals surface area contributed by atoms with Crippen molar-refractivity contribution in [3.8, 4) is 11.6 Å². The number of rotatable bonds is 5. The third-order valence-corrected chi connectivity index (χ3v) is 5.43. The molecule has 26 heavy (non-hydrogen) atoms. The molecule has 0 bridgehead atoms. The van der Waals surface area contributed by atoms with E-state index in [1.54, 1.807) is 12.3 Å². The first-order chi connectivity index (χ1) is 12.7. The van der Waals surface area contributed by atoms with E-state index in [-0.39, 0.29) is 5.63 Å². The Bertz CT molecular complexity index is 1120. The lowest BCUT2D eigenvalue weighted by atomic mass is 10.1. The SMILES string of the molecule is CCn1c(SCc2cc(=O)oc3cc(Br)ccc23)nnc1-c1ccco1. The summed E-state index contributed by atoms with van der Waals surface area (Å²) < 4.78 is 13.6. The molecule has 0 aliphatic carbocycles. The van der Waals surface area contributed by atoms with E-state index in [1.807, 2.05) is 35.8 Å². The van der Waals surface area contributed by atoms with Crippen LogP contribution in [0.25, 0.3) is 22.6 Å². The molecule has 0 aliphatic heterocycles. The average Bonchev–Trinajstić information content (AvgIpc) is 3.28. The molecule has 4 aromatic rings. The van der Waals surface area contributed by atoms with Gasteiger partial charge in [0.1, 0.15) is 5.58 Å². The fraction of sp³-hybridized carbons (Fsp3) is 0.167. The van der Waals surface area contributed by atoms with Crippen LogP contribution in [0.2, 0.25) is 0 Å². The van der Waals surface area contributed by atoms with E-state index >= 15 is 0 Å². The molecule has 0 fully saturated rings. The van der Waals surface area contributed by atoms with E-state index in [9.17, 15) is 4.79 Å². The van der Waals surface area contributed by atoms with Crippen molar-refractivity contribution in [3.05, 3.63) is 63.1 Å². The molecule has 3 heterocycles. The fourth-order valence-corrected chi connectivity index (χ4v) is 4.07. The highest BCUT2D eigenvalue weighted by atomic mass is 79.9. The third kappa shape index (κ3) is 3.22. The first-order valence-corrected chi connectivity index (χ1v) is 9.75. The highest BCUT2D eigenvalue weighted by Gasteiger charge is 2.16. The predicted octanol–water partition coefficient (Wildman–Crippen LogP) is 4.72. The smallest absolute Gasteiger partial charge is 0.336 e. The van der Waals surface area contributed by atoms with E-state index < -0.39 is 0 Å². The Morgan fingerprint density at radius 1 is 1.23 bits per heavy atom. The molecule has 4 rings (SSSR count). The van der Waals surface area contributed by atoms with Crippen LogP contribution in [-0.4, -0.2) is 14.8 Å². The zero-order chi connectivity index (χ0) is 18.1. The first kappa shape index (κ1) is 17.1. The van der Waals surface area contributed by atoms with Crippen LogP contribution in [0.3, 0.4) is 0 Å². The molecule has 0 radical (unpaired) electrons. The Morgan fingerprint density at radius 2 is 2.12 bits per heavy atom. The summed E-state index contributed by atoms with van der Waals surface area (Å²) in [7, 11) is 0. The summed E-state index contributed by atoms with van der Waals surface area (Å²) in [5, 5.41) is 10.2. The zero-order valence-corrected chi connectivity index (χ0v) is 16.2. The zero-order valence-electron chi connectivity index (χ0n) is 13.8. The van der Waals surface area contributed by atoms with E-state index in [4.69, 9.17) is 8.83 Å². The largest absolute Gasteiger partial charge is 0.461 e. The van der Waals surface area contributed by atoms with Crippen LogP contribution in [0.15, 0.2) is 65.9 Å². The average molecular weight is 432 g/mol. The van der Waals surface area contributed by atoms with Crippen molar-refractivity contribution in [2.75, 3.05) is 0 Å². The van der Waals surface area contributed by atoms with Crippen molar-refractivity contribution in [3.63, 3.8) is 0 Å². The number of hydrogen-bond acceptors (Lipinski definition) is 6. The number of fused-ring (bicyclic) bond motifs is 1. The van der Waals surface area contributed by atoms with Crippen LogP contribution in [0.5, 0.6) is 0 Å². The standard InChI is InChI=1S/C18H14BrN3O3S/c1-2-22-17(14-4-3-7-24-14)20-21-18(22)26-10-11-8-16(23)25-15-9-12(19)5-6-13(11)15/h3-9H,2,10H2,1H3. The minimum Gasteiger partial charge on any atom is -0.461 e. The molecule has 0 N–H and O–H groups in total. The number of nitrogens with zero attached hydrogens (tertiary/aromatic N) is 3. The molecule has 0 aliphatic rings. The second kappa shape index (κ2) is 7.13. The highest BCUT2D eigenvalue weighted by molar-refractivity contribution is 9.10. The lowest BCUT2D eigenvalue weighted by Gasteiger charge is -2.07. The molecule has 0 atom stereocenters. The monoisotopic (exact) mass is 431 g/mol. The number of furan rings is 1. The van der Waals surface area contributed by atoms with Gasteiger partial charge in [-0.2, -0.15) is 0 Å². The van der Waals surface area contributed by atoms with E-state index in [1.165, 1.54) is 17.8 Å². The van der Waals surface area contributed by atoms with Gasteiger partial charge in [-0.25, -0.2) is 4.79 Å². The normalized spacial score (nSPS) is 11.3. The maximum absolute atomic E-state index is 11.9. The molecule has 6 nitrogen and oxygen atoms in total. The van der Waals surface area contributed by atoms with Gasteiger partial charge in [-0.1, -0.05) is 27.7 Å². The van der Waals surface area contributed by atoms with Gasteiger partial charge in [0, 0.05) is 28.2 Å². The summed E-state index contributed by atoms with van der Waals surface area (Å²) in [4.78, 5) is 11.9. The Hall–Kier alpha value is -2.32. The number of halogens is 1. The molecular formula is C18H14BrN3O3S. The molecule has 1 aromatic carbocycles. The summed E-state index contributed by atoms with van der Waals surface area (Å²) in [6, 6.07) is 10.9. The number of thioether (sulfide) groups is 1. The first-order valence-electron chi connectivity index (χ1n) is 7.98. The molecule has 0 unspecified atom stereocenters. The summed E-state index contributed by atoms with van der Waals surface area (Å²) in [5.74, 6) is 1.96. The minimum atomic E-state index is -0.362. The van der Waals surface area contributed by atoms with Gasteiger partial charge in [0.15, 0.2) is 16.7 Å². The van der Waals surface area contributed by atoms with Gasteiger partial charge < -0.3 is 8.83 Å². The molecule has 3 aromatic heterocycles. The summed E-state index contributed by atoms with van der Waals surface area (Å²) in [6.07, 6.45) is 1.62. The van der Waals surface area contributed by atoms with Crippen LogP contribution < -0.4 is 5.63 Å². The van der Waals surface area contributed by atoms with Gasteiger partial charge in [-0.15, -0.1) is 10.2 Å². The lowest BCUT2D eigenvalue weighted by molar-refractivity contribution is 0.559. The maximum Gasteiger partial charge on any atom is 0.336 e. The highest BCUT2D eigenvalue weighted by Crippen LogP contribution is 2.29. The summed E-state index contributed by atoms with van der Waals surface area (Å²) >= 11 is 4.93. The van der Waals surface area contributed by atoms with Crippen LogP contribution in [0.4, 0.5) is 0 Å². The molecular weight excluding hydrogens is 418 g/mol. The topological polar surface area (TPSA) is 74.1 Å². The van der Waals surface area contributed by atoms with Gasteiger partial charge in [-0.3, -0.25) is 4.57 Å². The van der Waals surface area contributed by atoms with Crippen LogP contribution in [0, 0.1) is 0 Å². The summed E-state index contributed by atoms with van der Waals surface area (Å²) in [5.41, 5.74) is 1.11. The molecule has 0 amide bonds. The molecule has 0 saturated carbocycles. The van der Waals surface area contributed by atoms with Crippen LogP contribution in [-0.2, 0) is 12.3 Å². The molecule has 0 spiro atoms. The molecule has 132 valence electrons. The van der Waals surface area contributed by atoms with Gasteiger partial charge in [0.25, 0.3) is 0 Å². The van der Waals surface area contributed by atoms with Gasteiger partial charge >= 0.3 is 5.63 Å². The van der Waals surface area contributed by atoms with Crippen LogP contribution in [0.1, 0.15) is 12.5 Å². The second-order valence-corrected chi connectivity index (χ2v) is 7.41. The number of aromatic nitrogens is 3. The van der Waals surface area contributed by atoms with Gasteiger partial charge in [0.05, 0.1) is 6.26 Å². The lowest BCUT2D eigenvalue weighted by Crippen LogP contribution is -2.02. The van der Waals surface area contributed by atoms with Crippen molar-refractivity contribution in [2.24, 2.45) is 0 Å². The Morgan fingerprint density at radius 3 is 2.88 bits per heavy atom. The molecule has 8 heteroatoms. The predicted molar refractivity (Wildman–Crippen MR) is 103 cm³/mol. The third-order valence-electron chi connectivity index (χ3n) is 3.92. The molecule has 0 saturated heterocycles. The van der Waals surface area contributed by atoms with E-state index in [0.29, 0.717) is 22.9 Å². The Balaban J connectivity index is 1.66. The van der Waals surface area contributed by atoms with Crippen molar-refractivity contribution >= 4 is 38.7 Å². The Kier molecular flexibility index (Phi) is 4.69. The quantitative estimate of drug-likeness (QED) is 0.336. The van der Waals surface area contributed by atoms with E-state index in [2.05, 4.69) is 26.1 Å². The van der Waals surface area contributed by atoms with E-state index in [0.717, 1.165) is 27.1 Å². The number of benzene rings is 1.